The number of methoxy groups -OCH3 is 4. The van der Waals surface area contributed by atoms with Gasteiger partial charge in [0, 0.05) is 13.7 Å². The van der Waals surface area contributed by atoms with Crippen LogP contribution in [0, 0.1) is 5.92 Å². The van der Waals surface area contributed by atoms with Crippen molar-refractivity contribution in [3.05, 3.63) is 53.1 Å². The first kappa shape index (κ1) is 26.9. The summed E-state index contributed by atoms with van der Waals surface area (Å²) >= 11 is 0. The number of ether oxygens (including phenoxy) is 5. The Morgan fingerprint density at radius 2 is 1.64 bits per heavy atom. The first-order valence-electron chi connectivity index (χ1n) is 11.6. The molecular formula is C27H33NO8. The van der Waals surface area contributed by atoms with Crippen molar-refractivity contribution in [2.75, 3.05) is 48.2 Å². The Labute approximate surface area is 211 Å². The number of rotatable bonds is 11. The van der Waals surface area contributed by atoms with E-state index in [1.54, 1.807) is 36.4 Å². The lowest BCUT2D eigenvalue weighted by atomic mass is 9.94. The number of nitrogens with zero attached hydrogens (tertiary/aromatic N) is 1. The molecule has 1 aliphatic rings. The van der Waals surface area contributed by atoms with E-state index in [4.69, 9.17) is 23.7 Å². The summed E-state index contributed by atoms with van der Waals surface area (Å²) in [5.41, 5.74) is 0.743. The van der Waals surface area contributed by atoms with Gasteiger partial charge in [-0.15, -0.1) is 0 Å². The van der Waals surface area contributed by atoms with Gasteiger partial charge in [0.1, 0.15) is 17.3 Å². The highest BCUT2D eigenvalue weighted by molar-refractivity contribution is 6.46. The van der Waals surface area contributed by atoms with Crippen molar-refractivity contribution in [2.24, 2.45) is 5.92 Å². The normalized spacial score (nSPS) is 17.0. The van der Waals surface area contributed by atoms with Gasteiger partial charge in [-0.05, 0) is 41.8 Å². The van der Waals surface area contributed by atoms with Crippen molar-refractivity contribution >= 4 is 17.4 Å². The highest BCUT2D eigenvalue weighted by Crippen LogP contribution is 2.43. The molecular weight excluding hydrogens is 466 g/mol. The van der Waals surface area contributed by atoms with Gasteiger partial charge in [-0.2, -0.15) is 0 Å². The molecule has 0 spiro atoms. The standard InChI is InChI=1S/C27H33NO8/c1-16(2)15-36-22-13-17(7-9-21(22)35-6)24-23(26(30)27(31)28(24)11-12-32-3)25(29)19-14-18(33-4)8-10-20(19)34-5/h7-10,13-14,16,24,29H,11-12,15H2,1-6H3/b25-23+. The number of Topliss-reactive ketones (excluding diaryl/α,β-unsaturated/α-hetero) is 1. The number of benzene rings is 2. The lowest BCUT2D eigenvalue weighted by Crippen LogP contribution is -2.32. The molecule has 36 heavy (non-hydrogen) atoms. The highest BCUT2D eigenvalue weighted by atomic mass is 16.5. The van der Waals surface area contributed by atoms with Crippen LogP contribution in [0.2, 0.25) is 0 Å². The summed E-state index contributed by atoms with van der Waals surface area (Å²) in [5, 5.41) is 11.4. The second kappa shape index (κ2) is 11.8. The molecule has 0 bridgehead atoms. The van der Waals surface area contributed by atoms with E-state index in [2.05, 4.69) is 0 Å². The molecule has 1 fully saturated rings. The lowest BCUT2D eigenvalue weighted by Gasteiger charge is -2.26. The minimum Gasteiger partial charge on any atom is -0.507 e. The maximum atomic E-state index is 13.3. The van der Waals surface area contributed by atoms with Crippen LogP contribution in [0.5, 0.6) is 23.0 Å². The Hall–Kier alpha value is -3.72. The highest BCUT2D eigenvalue weighted by Gasteiger charge is 2.46. The molecule has 2 aromatic rings. The molecule has 194 valence electrons. The van der Waals surface area contributed by atoms with Crippen molar-refractivity contribution in [2.45, 2.75) is 19.9 Å². The molecule has 1 unspecified atom stereocenters. The third-order valence-corrected chi connectivity index (χ3v) is 5.81. The van der Waals surface area contributed by atoms with Crippen LogP contribution in [0.15, 0.2) is 42.0 Å². The molecule has 0 aromatic heterocycles. The summed E-state index contributed by atoms with van der Waals surface area (Å²) in [7, 11) is 6.00. The molecule has 2 aromatic carbocycles. The van der Waals surface area contributed by atoms with Gasteiger partial charge >= 0.3 is 0 Å². The van der Waals surface area contributed by atoms with Crippen molar-refractivity contribution < 1.29 is 38.4 Å². The Morgan fingerprint density at radius 1 is 0.944 bits per heavy atom. The van der Waals surface area contributed by atoms with Gasteiger partial charge in [-0.1, -0.05) is 19.9 Å². The maximum absolute atomic E-state index is 13.3. The third kappa shape index (κ3) is 5.41. The van der Waals surface area contributed by atoms with Crippen LogP contribution in [0.3, 0.4) is 0 Å². The number of hydrogen-bond acceptors (Lipinski definition) is 8. The number of aliphatic hydroxyl groups is 1. The minimum atomic E-state index is -0.886. The SMILES string of the molecule is COCCN1C(=O)C(=O)/C(=C(/O)c2cc(OC)ccc2OC)C1c1ccc(OC)c(OCC(C)C)c1. The predicted octanol–water partition coefficient (Wildman–Crippen LogP) is 3.82. The van der Waals surface area contributed by atoms with Gasteiger partial charge in [0.2, 0.25) is 0 Å². The smallest absolute Gasteiger partial charge is 0.295 e. The average Bonchev–Trinajstić information content (AvgIpc) is 3.14. The van der Waals surface area contributed by atoms with Crippen LogP contribution in [0.4, 0.5) is 0 Å². The second-order valence-corrected chi connectivity index (χ2v) is 8.67. The van der Waals surface area contributed by atoms with Crippen molar-refractivity contribution in [1.82, 2.24) is 4.90 Å². The number of carbonyl (C=O) groups is 2. The Morgan fingerprint density at radius 3 is 2.25 bits per heavy atom. The van der Waals surface area contributed by atoms with E-state index in [1.807, 2.05) is 13.8 Å². The molecule has 1 atom stereocenters. The van der Waals surface area contributed by atoms with Crippen molar-refractivity contribution in [1.29, 1.82) is 0 Å². The molecule has 1 amide bonds. The summed E-state index contributed by atoms with van der Waals surface area (Å²) in [4.78, 5) is 27.8. The van der Waals surface area contributed by atoms with Crippen LogP contribution in [-0.4, -0.2) is 69.9 Å². The fraction of sp³-hybridized carbons (Fsp3) is 0.407. The maximum Gasteiger partial charge on any atom is 0.295 e. The fourth-order valence-electron chi connectivity index (χ4n) is 4.02. The summed E-state index contributed by atoms with van der Waals surface area (Å²) in [6.45, 7) is 4.85. The largest absolute Gasteiger partial charge is 0.507 e. The van der Waals surface area contributed by atoms with Gasteiger partial charge in [0.05, 0.1) is 51.7 Å². The van der Waals surface area contributed by atoms with E-state index in [1.165, 1.54) is 33.3 Å². The summed E-state index contributed by atoms with van der Waals surface area (Å²) in [5.74, 6) is 0.130. The quantitative estimate of drug-likeness (QED) is 0.283. The molecule has 0 saturated carbocycles. The Kier molecular flexibility index (Phi) is 8.82. The molecule has 1 saturated heterocycles. The number of likely N-dealkylation sites (tertiary alicyclic amines) is 1. The molecule has 0 radical (unpaired) electrons. The van der Waals surface area contributed by atoms with Crippen molar-refractivity contribution in [3.8, 4) is 23.0 Å². The summed E-state index contributed by atoms with van der Waals surface area (Å²) < 4.78 is 27.3. The third-order valence-electron chi connectivity index (χ3n) is 5.81. The number of ketones is 1. The monoisotopic (exact) mass is 499 g/mol. The molecule has 9 nitrogen and oxygen atoms in total. The second-order valence-electron chi connectivity index (χ2n) is 8.67. The average molecular weight is 500 g/mol. The van der Waals surface area contributed by atoms with Crippen LogP contribution in [0.1, 0.15) is 31.0 Å². The molecule has 0 aliphatic carbocycles. The van der Waals surface area contributed by atoms with Gasteiger partial charge in [0.15, 0.2) is 11.5 Å². The van der Waals surface area contributed by atoms with Crippen molar-refractivity contribution in [3.63, 3.8) is 0 Å². The van der Waals surface area contributed by atoms with E-state index in [0.717, 1.165) is 0 Å². The lowest BCUT2D eigenvalue weighted by molar-refractivity contribution is -0.140. The zero-order chi connectivity index (χ0) is 26.4. The molecule has 9 heteroatoms. The zero-order valence-corrected chi connectivity index (χ0v) is 21.5. The van der Waals surface area contributed by atoms with Crippen LogP contribution < -0.4 is 18.9 Å². The van der Waals surface area contributed by atoms with Gasteiger partial charge in [-0.25, -0.2) is 0 Å². The molecule has 1 N–H and O–H groups in total. The van der Waals surface area contributed by atoms with E-state index in [0.29, 0.717) is 35.2 Å². The zero-order valence-electron chi connectivity index (χ0n) is 21.5. The minimum absolute atomic E-state index is 0.0670. The summed E-state index contributed by atoms with van der Waals surface area (Å²) in [6.07, 6.45) is 0. The Balaban J connectivity index is 2.22. The van der Waals surface area contributed by atoms with Crippen LogP contribution >= 0.6 is 0 Å². The molecule has 1 aliphatic heterocycles. The van der Waals surface area contributed by atoms with E-state index in [-0.39, 0.29) is 36.0 Å². The number of aliphatic hydroxyl groups excluding tert-OH is 1. The topological polar surface area (TPSA) is 104 Å². The molecule has 3 rings (SSSR count). The van der Waals surface area contributed by atoms with Crippen LogP contribution in [-0.2, 0) is 14.3 Å². The van der Waals surface area contributed by atoms with E-state index >= 15 is 0 Å². The van der Waals surface area contributed by atoms with Gasteiger partial charge in [-0.3, -0.25) is 9.59 Å². The molecule has 1 heterocycles. The first-order chi connectivity index (χ1) is 17.3. The fourth-order valence-corrected chi connectivity index (χ4v) is 4.02. The Bertz CT molecular complexity index is 1140. The van der Waals surface area contributed by atoms with E-state index in [9.17, 15) is 14.7 Å². The number of amides is 1. The van der Waals surface area contributed by atoms with Gasteiger partial charge in [0.25, 0.3) is 11.7 Å². The first-order valence-corrected chi connectivity index (χ1v) is 11.6. The predicted molar refractivity (Wildman–Crippen MR) is 134 cm³/mol. The number of hydrogen-bond donors (Lipinski definition) is 1. The van der Waals surface area contributed by atoms with Gasteiger partial charge < -0.3 is 33.7 Å². The number of carbonyl (C=O) groups excluding carboxylic acids is 2. The summed E-state index contributed by atoms with van der Waals surface area (Å²) in [6, 6.07) is 9.15. The van der Waals surface area contributed by atoms with Crippen LogP contribution in [0.25, 0.3) is 5.76 Å². The van der Waals surface area contributed by atoms with E-state index < -0.39 is 17.7 Å².